The highest BCUT2D eigenvalue weighted by atomic mass is 32.2. The molecule has 0 bridgehead atoms. The average Bonchev–Trinajstić information content (AvgIpc) is 3.03. The van der Waals surface area contributed by atoms with Crippen molar-refractivity contribution >= 4 is 17.7 Å². The third-order valence-electron chi connectivity index (χ3n) is 7.56. The van der Waals surface area contributed by atoms with Crippen molar-refractivity contribution in [3.8, 4) is 16.9 Å². The Morgan fingerprint density at radius 2 is 1.62 bits per heavy atom. The molecule has 0 unspecified atom stereocenters. The molecule has 0 saturated carbocycles. The van der Waals surface area contributed by atoms with Gasteiger partial charge < -0.3 is 24.6 Å². The van der Waals surface area contributed by atoms with Gasteiger partial charge in [0.1, 0.15) is 5.75 Å². The van der Waals surface area contributed by atoms with E-state index in [1.54, 1.807) is 18.9 Å². The molecule has 1 fully saturated rings. The minimum Gasteiger partial charge on any atom is -0.496 e. The highest BCUT2D eigenvalue weighted by Gasteiger charge is 2.38. The number of aliphatic hydroxyl groups excluding tert-OH is 1. The van der Waals surface area contributed by atoms with Gasteiger partial charge in [-0.25, -0.2) is 0 Å². The summed E-state index contributed by atoms with van der Waals surface area (Å²) in [4.78, 5) is 12.5. The molecule has 4 aromatic rings. The van der Waals surface area contributed by atoms with Crippen molar-refractivity contribution in [1.29, 1.82) is 0 Å². The smallest absolute Gasteiger partial charge is 0.217 e. The number of carbonyl (C=O) groups is 1. The standard InChI is InChI=1S/C35H37NO5S/c1-23-32(22-42-33-13-5-4-12-31(33)39-3)40-35(41-34(23)27-16-14-25(21-37)15-17-27)30-11-7-10-29(19-30)28-9-6-8-26(18-28)20-36-24(2)38/h4-19,23,32,34-35,37H,20-22H2,1-3H3,(H,36,38)/t23-,32+,34+,35+/m1/s1. The second kappa shape index (κ2) is 14.0. The number of aliphatic hydroxyl groups is 1. The van der Waals surface area contributed by atoms with Crippen LogP contribution >= 0.6 is 11.8 Å². The van der Waals surface area contributed by atoms with Crippen molar-refractivity contribution in [1.82, 2.24) is 5.32 Å². The van der Waals surface area contributed by atoms with Gasteiger partial charge in [0, 0.05) is 35.6 Å². The normalized spacial score (nSPS) is 20.2. The summed E-state index contributed by atoms with van der Waals surface area (Å²) in [5.41, 5.74) is 6.01. The zero-order valence-corrected chi connectivity index (χ0v) is 25.0. The number of para-hydroxylation sites is 1. The van der Waals surface area contributed by atoms with Crippen molar-refractivity contribution in [2.24, 2.45) is 5.92 Å². The zero-order chi connectivity index (χ0) is 29.5. The van der Waals surface area contributed by atoms with E-state index in [1.807, 2.05) is 66.7 Å². The summed E-state index contributed by atoms with van der Waals surface area (Å²) in [6, 6.07) is 32.4. The molecule has 0 spiro atoms. The number of benzene rings is 4. The first-order valence-electron chi connectivity index (χ1n) is 14.2. The first-order valence-corrected chi connectivity index (χ1v) is 15.1. The van der Waals surface area contributed by atoms with Gasteiger partial charge in [0.15, 0.2) is 6.29 Å². The summed E-state index contributed by atoms with van der Waals surface area (Å²) in [6.45, 7) is 4.18. The van der Waals surface area contributed by atoms with Gasteiger partial charge in [-0.3, -0.25) is 4.79 Å². The first kappa shape index (κ1) is 29.9. The molecule has 2 N–H and O–H groups in total. The van der Waals surface area contributed by atoms with Crippen LogP contribution in [0.4, 0.5) is 0 Å². The van der Waals surface area contributed by atoms with Crippen LogP contribution in [-0.2, 0) is 27.4 Å². The fourth-order valence-corrected chi connectivity index (χ4v) is 6.37. The van der Waals surface area contributed by atoms with Crippen LogP contribution in [0.3, 0.4) is 0 Å². The molecule has 1 heterocycles. The van der Waals surface area contributed by atoms with Gasteiger partial charge in [0.05, 0.1) is 25.9 Å². The maximum atomic E-state index is 11.4. The van der Waals surface area contributed by atoms with Crippen LogP contribution < -0.4 is 10.1 Å². The van der Waals surface area contributed by atoms with E-state index in [2.05, 4.69) is 42.6 Å². The van der Waals surface area contributed by atoms with Crippen molar-refractivity contribution in [2.45, 2.75) is 50.4 Å². The quantitative estimate of drug-likeness (QED) is 0.195. The van der Waals surface area contributed by atoms with E-state index in [0.29, 0.717) is 6.54 Å². The van der Waals surface area contributed by atoms with Gasteiger partial charge in [-0.2, -0.15) is 0 Å². The first-order chi connectivity index (χ1) is 20.4. The SMILES string of the molecule is COc1ccccc1SC[C@@H]1O[C@H](c2cccc(-c3cccc(CNC(C)=O)c3)c2)O[C@H](c2ccc(CO)cc2)[C@@H]1C. The van der Waals surface area contributed by atoms with Crippen LogP contribution in [0.2, 0.25) is 0 Å². The Hall–Kier alpha value is -3.62. The molecule has 42 heavy (non-hydrogen) atoms. The van der Waals surface area contributed by atoms with Gasteiger partial charge in [-0.05, 0) is 52.1 Å². The summed E-state index contributed by atoms with van der Waals surface area (Å²) in [7, 11) is 1.69. The van der Waals surface area contributed by atoms with E-state index in [0.717, 1.165) is 49.8 Å². The van der Waals surface area contributed by atoms with E-state index in [4.69, 9.17) is 14.2 Å². The number of rotatable bonds is 10. The van der Waals surface area contributed by atoms with E-state index in [1.165, 1.54) is 6.92 Å². The lowest BCUT2D eigenvalue weighted by molar-refractivity contribution is -0.268. The fourth-order valence-electron chi connectivity index (χ4n) is 5.17. The Kier molecular flexibility index (Phi) is 9.97. The molecule has 218 valence electrons. The maximum Gasteiger partial charge on any atom is 0.217 e. The molecule has 1 aliphatic heterocycles. The third-order valence-corrected chi connectivity index (χ3v) is 8.70. The Morgan fingerprint density at radius 3 is 2.36 bits per heavy atom. The lowest BCUT2D eigenvalue weighted by Gasteiger charge is -2.41. The molecule has 4 atom stereocenters. The van der Waals surface area contributed by atoms with Crippen LogP contribution in [0, 0.1) is 5.92 Å². The summed E-state index contributed by atoms with van der Waals surface area (Å²) < 4.78 is 18.9. The predicted molar refractivity (Wildman–Crippen MR) is 166 cm³/mol. The Bertz CT molecular complexity index is 1490. The number of nitrogens with one attached hydrogen (secondary N) is 1. The Labute approximate surface area is 252 Å². The van der Waals surface area contributed by atoms with E-state index < -0.39 is 6.29 Å². The predicted octanol–water partition coefficient (Wildman–Crippen LogP) is 7.07. The van der Waals surface area contributed by atoms with Gasteiger partial charge in [-0.1, -0.05) is 79.7 Å². The van der Waals surface area contributed by atoms with E-state index >= 15 is 0 Å². The minimum atomic E-state index is -0.561. The van der Waals surface area contributed by atoms with Gasteiger partial charge in [0.25, 0.3) is 0 Å². The topological polar surface area (TPSA) is 77.0 Å². The number of hydrogen-bond acceptors (Lipinski definition) is 6. The van der Waals surface area contributed by atoms with Crippen LogP contribution in [0.5, 0.6) is 5.75 Å². The average molecular weight is 584 g/mol. The van der Waals surface area contributed by atoms with Crippen molar-refractivity contribution < 1.29 is 24.1 Å². The number of thioether (sulfide) groups is 1. The number of carbonyl (C=O) groups excluding carboxylic acids is 1. The third kappa shape index (κ3) is 7.23. The number of hydrogen-bond donors (Lipinski definition) is 2. The van der Waals surface area contributed by atoms with Crippen LogP contribution in [0.15, 0.2) is 102 Å². The highest BCUT2D eigenvalue weighted by molar-refractivity contribution is 7.99. The molecule has 5 rings (SSSR count). The molecule has 0 aromatic heterocycles. The second-order valence-electron chi connectivity index (χ2n) is 10.5. The summed E-state index contributed by atoms with van der Waals surface area (Å²) >= 11 is 1.72. The van der Waals surface area contributed by atoms with Crippen LogP contribution in [0.25, 0.3) is 11.1 Å². The lowest BCUT2D eigenvalue weighted by Crippen LogP contribution is -2.38. The molecule has 4 aromatic carbocycles. The largest absolute Gasteiger partial charge is 0.496 e. The minimum absolute atomic E-state index is 0.00404. The van der Waals surface area contributed by atoms with Crippen LogP contribution in [-0.4, -0.2) is 30.0 Å². The lowest BCUT2D eigenvalue weighted by atomic mass is 9.91. The molecular weight excluding hydrogens is 546 g/mol. The number of ether oxygens (including phenoxy) is 3. The molecule has 1 aliphatic rings. The summed E-state index contributed by atoms with van der Waals surface area (Å²) in [6.07, 6.45) is -0.843. The van der Waals surface area contributed by atoms with Crippen molar-refractivity contribution in [3.63, 3.8) is 0 Å². The molecule has 0 radical (unpaired) electrons. The monoisotopic (exact) mass is 583 g/mol. The Balaban J connectivity index is 1.42. The second-order valence-corrected chi connectivity index (χ2v) is 11.6. The molecule has 7 heteroatoms. The number of methoxy groups -OCH3 is 1. The molecule has 0 aliphatic carbocycles. The molecule has 1 saturated heterocycles. The zero-order valence-electron chi connectivity index (χ0n) is 24.2. The van der Waals surface area contributed by atoms with Crippen molar-refractivity contribution in [3.05, 3.63) is 119 Å². The van der Waals surface area contributed by atoms with Gasteiger partial charge in [0.2, 0.25) is 5.91 Å². The molecular formula is C35H37NO5S. The number of amides is 1. The Morgan fingerprint density at radius 1 is 0.881 bits per heavy atom. The highest BCUT2D eigenvalue weighted by Crippen LogP contribution is 2.44. The van der Waals surface area contributed by atoms with Crippen molar-refractivity contribution in [2.75, 3.05) is 12.9 Å². The van der Waals surface area contributed by atoms with Gasteiger partial charge >= 0.3 is 0 Å². The maximum absolute atomic E-state index is 11.4. The van der Waals surface area contributed by atoms with Crippen LogP contribution in [0.1, 0.15) is 48.5 Å². The summed E-state index contributed by atoms with van der Waals surface area (Å²) in [5.74, 6) is 1.61. The van der Waals surface area contributed by atoms with E-state index in [9.17, 15) is 9.90 Å². The molecule has 6 nitrogen and oxygen atoms in total. The molecule has 1 amide bonds. The summed E-state index contributed by atoms with van der Waals surface area (Å²) in [5, 5.41) is 12.4. The van der Waals surface area contributed by atoms with E-state index in [-0.39, 0.29) is 30.6 Å². The fraction of sp³-hybridized carbons (Fsp3) is 0.286. The van der Waals surface area contributed by atoms with Gasteiger partial charge in [-0.15, -0.1) is 11.8 Å².